The van der Waals surface area contributed by atoms with E-state index in [1.807, 2.05) is 101 Å². The van der Waals surface area contributed by atoms with Crippen LogP contribution in [0.15, 0.2) is 110 Å². The molecule has 11 nitrogen and oxygen atoms in total. The standard InChI is InChI=1S/C41H43ClN8O3/c1-41(2,3)53-40(52)49-27-32(21-38(49)39(51)44-23-33-34(42)16-10-18-36(33)47(4)24-28-12-11-19-43-22-28)50-26-31(45-46-50)25-48-35-17-9-8-15-30(35)20-37(48)29-13-6-5-7-14-29/h5-20,22,26,32,38H,21,23-25,27H2,1-4H3,(H,44,51)/t32?,38-/m0/s1. The van der Waals surface area contributed by atoms with Crippen molar-refractivity contribution in [1.29, 1.82) is 0 Å². The van der Waals surface area contributed by atoms with Gasteiger partial charge in [0, 0.05) is 78.4 Å². The van der Waals surface area contributed by atoms with E-state index in [9.17, 15) is 9.59 Å². The average molecular weight is 731 g/mol. The Balaban J connectivity index is 1.10. The molecule has 7 rings (SSSR count). The Morgan fingerprint density at radius 2 is 1.79 bits per heavy atom. The molecule has 0 radical (unpaired) electrons. The minimum Gasteiger partial charge on any atom is -0.444 e. The second-order valence-corrected chi connectivity index (χ2v) is 14.8. The molecule has 1 aliphatic heterocycles. The number of aromatic nitrogens is 5. The lowest BCUT2D eigenvalue weighted by atomic mass is 10.1. The minimum absolute atomic E-state index is 0.177. The van der Waals surface area contributed by atoms with Gasteiger partial charge in [0.25, 0.3) is 0 Å². The molecule has 3 aromatic heterocycles. The number of halogens is 1. The Labute approximate surface area is 314 Å². The van der Waals surface area contributed by atoms with Gasteiger partial charge in [-0.15, -0.1) is 5.10 Å². The van der Waals surface area contributed by atoms with Crippen molar-refractivity contribution in [3.63, 3.8) is 0 Å². The molecule has 1 N–H and O–H groups in total. The minimum atomic E-state index is -0.792. The summed E-state index contributed by atoms with van der Waals surface area (Å²) in [6, 6.07) is 29.3. The lowest BCUT2D eigenvalue weighted by Gasteiger charge is -2.28. The van der Waals surface area contributed by atoms with Crippen LogP contribution in [0.1, 0.15) is 50.1 Å². The SMILES string of the molecule is CN(Cc1cccnc1)c1cccc(Cl)c1CNC(=O)[C@@H]1CC(n2cc(Cn3c(-c4ccccc4)cc4ccccc43)nn2)CN1C(=O)OC(C)(C)C. The highest BCUT2D eigenvalue weighted by Gasteiger charge is 2.42. The van der Waals surface area contributed by atoms with Crippen LogP contribution in [-0.4, -0.2) is 66.7 Å². The fourth-order valence-electron chi connectivity index (χ4n) is 6.96. The van der Waals surface area contributed by atoms with Crippen LogP contribution in [-0.2, 0) is 29.2 Å². The van der Waals surface area contributed by atoms with Crippen LogP contribution in [0, 0.1) is 0 Å². The highest BCUT2D eigenvalue weighted by molar-refractivity contribution is 6.31. The summed E-state index contributed by atoms with van der Waals surface area (Å²) in [6.45, 7) is 6.96. The molecule has 1 fully saturated rings. The third-order valence-electron chi connectivity index (χ3n) is 9.43. The van der Waals surface area contributed by atoms with Crippen molar-refractivity contribution in [3.05, 3.63) is 131 Å². The fraction of sp³-hybridized carbons (Fsp3) is 0.293. The van der Waals surface area contributed by atoms with E-state index in [1.165, 1.54) is 4.90 Å². The highest BCUT2D eigenvalue weighted by Crippen LogP contribution is 2.32. The van der Waals surface area contributed by atoms with Crippen molar-refractivity contribution in [1.82, 2.24) is 34.8 Å². The van der Waals surface area contributed by atoms with Crippen LogP contribution in [0.2, 0.25) is 5.02 Å². The molecule has 2 amide bonds. The zero-order valence-electron chi connectivity index (χ0n) is 30.3. The number of hydrogen-bond donors (Lipinski definition) is 1. The first kappa shape index (κ1) is 35.7. The van der Waals surface area contributed by atoms with E-state index in [2.05, 4.69) is 60.4 Å². The quantitative estimate of drug-likeness (QED) is 0.155. The van der Waals surface area contributed by atoms with E-state index in [0.29, 0.717) is 24.5 Å². The van der Waals surface area contributed by atoms with Gasteiger partial charge in [-0.3, -0.25) is 14.7 Å². The van der Waals surface area contributed by atoms with Gasteiger partial charge in [-0.05, 0) is 62.2 Å². The number of pyridine rings is 1. The van der Waals surface area contributed by atoms with E-state index in [4.69, 9.17) is 16.3 Å². The van der Waals surface area contributed by atoms with Crippen molar-refractivity contribution in [2.75, 3.05) is 18.5 Å². The number of anilines is 1. The largest absolute Gasteiger partial charge is 0.444 e. The van der Waals surface area contributed by atoms with E-state index in [-0.39, 0.29) is 25.0 Å². The van der Waals surface area contributed by atoms with Crippen LogP contribution in [0.4, 0.5) is 10.5 Å². The summed E-state index contributed by atoms with van der Waals surface area (Å²) in [5, 5.41) is 13.8. The maximum atomic E-state index is 14.0. The van der Waals surface area contributed by atoms with Gasteiger partial charge in [0.2, 0.25) is 5.91 Å². The lowest BCUT2D eigenvalue weighted by molar-refractivity contribution is -0.125. The van der Waals surface area contributed by atoms with Crippen LogP contribution in [0.3, 0.4) is 0 Å². The summed E-state index contributed by atoms with van der Waals surface area (Å²) in [5.74, 6) is -0.300. The number of nitrogens with zero attached hydrogens (tertiary/aromatic N) is 7. The Bertz CT molecular complexity index is 2210. The number of nitrogens with one attached hydrogen (secondary N) is 1. The van der Waals surface area contributed by atoms with Gasteiger partial charge in [-0.1, -0.05) is 77.5 Å². The molecule has 0 bridgehead atoms. The van der Waals surface area contributed by atoms with Crippen LogP contribution >= 0.6 is 11.6 Å². The number of amides is 2. The fourth-order valence-corrected chi connectivity index (χ4v) is 7.19. The maximum absolute atomic E-state index is 14.0. The molecule has 12 heteroatoms. The lowest BCUT2D eigenvalue weighted by Crippen LogP contribution is -2.47. The number of para-hydroxylation sites is 1. The van der Waals surface area contributed by atoms with E-state index in [0.717, 1.165) is 44.7 Å². The number of ether oxygens (including phenoxy) is 1. The first-order chi connectivity index (χ1) is 25.5. The van der Waals surface area contributed by atoms with Crippen LogP contribution in [0.5, 0.6) is 0 Å². The van der Waals surface area contributed by atoms with Gasteiger partial charge >= 0.3 is 6.09 Å². The number of benzene rings is 3. The van der Waals surface area contributed by atoms with Crippen molar-refractivity contribution in [2.24, 2.45) is 0 Å². The Kier molecular flexibility index (Phi) is 10.2. The predicted molar refractivity (Wildman–Crippen MR) is 207 cm³/mol. The number of fused-ring (bicyclic) bond motifs is 1. The molecule has 0 saturated carbocycles. The van der Waals surface area contributed by atoms with Gasteiger partial charge in [0.15, 0.2) is 0 Å². The number of rotatable bonds is 10. The first-order valence-electron chi connectivity index (χ1n) is 17.7. The summed E-state index contributed by atoms with van der Waals surface area (Å²) in [7, 11) is 1.98. The monoisotopic (exact) mass is 730 g/mol. The van der Waals surface area contributed by atoms with Gasteiger partial charge in [-0.25, -0.2) is 9.48 Å². The summed E-state index contributed by atoms with van der Waals surface area (Å²) < 4.78 is 9.79. The zero-order chi connectivity index (χ0) is 37.1. The topological polar surface area (TPSA) is 110 Å². The van der Waals surface area contributed by atoms with E-state index in [1.54, 1.807) is 10.9 Å². The van der Waals surface area contributed by atoms with Crippen molar-refractivity contribution < 1.29 is 14.3 Å². The molecule has 272 valence electrons. The second-order valence-electron chi connectivity index (χ2n) is 14.4. The summed E-state index contributed by atoms with van der Waals surface area (Å²) in [5.41, 5.74) is 6.03. The van der Waals surface area contributed by atoms with Crippen LogP contribution in [0.25, 0.3) is 22.2 Å². The Hall–Kier alpha value is -5.68. The van der Waals surface area contributed by atoms with Crippen molar-refractivity contribution in [2.45, 2.75) is 64.5 Å². The number of carbonyl (C=O) groups is 2. The molecule has 0 spiro atoms. The van der Waals surface area contributed by atoms with E-state index < -0.39 is 17.7 Å². The molecule has 0 aliphatic carbocycles. The molecule has 53 heavy (non-hydrogen) atoms. The maximum Gasteiger partial charge on any atom is 0.411 e. The van der Waals surface area contributed by atoms with Gasteiger partial charge < -0.3 is 19.5 Å². The Morgan fingerprint density at radius 3 is 2.57 bits per heavy atom. The van der Waals surface area contributed by atoms with Crippen molar-refractivity contribution in [3.8, 4) is 11.3 Å². The van der Waals surface area contributed by atoms with Crippen molar-refractivity contribution >= 4 is 40.2 Å². The molecule has 2 atom stereocenters. The summed E-state index contributed by atoms with van der Waals surface area (Å²) in [6.07, 6.45) is 5.27. The van der Waals surface area contributed by atoms with Gasteiger partial charge in [0.05, 0.1) is 18.8 Å². The average Bonchev–Trinajstić information content (AvgIpc) is 3.89. The number of hydrogen-bond acceptors (Lipinski definition) is 7. The third kappa shape index (κ3) is 8.05. The molecule has 1 saturated heterocycles. The van der Waals surface area contributed by atoms with Crippen LogP contribution < -0.4 is 10.2 Å². The Morgan fingerprint density at radius 1 is 1.00 bits per heavy atom. The molecule has 3 aromatic carbocycles. The highest BCUT2D eigenvalue weighted by atomic mass is 35.5. The molecule has 1 unspecified atom stereocenters. The van der Waals surface area contributed by atoms with Gasteiger partial charge in [-0.2, -0.15) is 0 Å². The predicted octanol–water partition coefficient (Wildman–Crippen LogP) is 7.50. The molecule has 6 aromatic rings. The third-order valence-corrected chi connectivity index (χ3v) is 9.78. The summed E-state index contributed by atoms with van der Waals surface area (Å²) in [4.78, 5) is 35.4. The molecular formula is C41H43ClN8O3. The normalized spacial score (nSPS) is 15.8. The second kappa shape index (κ2) is 15.1. The zero-order valence-corrected chi connectivity index (χ0v) is 31.1. The summed E-state index contributed by atoms with van der Waals surface area (Å²) >= 11 is 6.71. The van der Waals surface area contributed by atoms with E-state index >= 15 is 0 Å². The number of carbonyl (C=O) groups excluding carboxylic acids is 2. The molecule has 1 aliphatic rings. The number of likely N-dealkylation sites (tertiary alicyclic amines) is 1. The molecular weight excluding hydrogens is 688 g/mol. The van der Waals surface area contributed by atoms with Gasteiger partial charge in [0.1, 0.15) is 17.3 Å². The molecule has 4 heterocycles. The first-order valence-corrected chi connectivity index (χ1v) is 18.1. The smallest absolute Gasteiger partial charge is 0.411 e.